The van der Waals surface area contributed by atoms with Crippen molar-refractivity contribution in [2.45, 2.75) is 39.7 Å². The highest BCUT2D eigenvalue weighted by Gasteiger charge is 2.10. The quantitative estimate of drug-likeness (QED) is 0.402. The molecule has 0 spiro atoms. The van der Waals surface area contributed by atoms with E-state index in [0.717, 1.165) is 47.4 Å². The summed E-state index contributed by atoms with van der Waals surface area (Å²) in [6.07, 6.45) is 3.30. The maximum atomic E-state index is 12.1. The third-order valence-corrected chi connectivity index (χ3v) is 5.34. The van der Waals surface area contributed by atoms with Gasteiger partial charge in [0.05, 0.1) is 5.39 Å². The minimum atomic E-state index is -0.0244. The third-order valence-electron chi connectivity index (χ3n) is 4.23. The molecule has 5 nitrogen and oxygen atoms in total. The van der Waals surface area contributed by atoms with Gasteiger partial charge in [-0.1, -0.05) is 31.9 Å². The lowest BCUT2D eigenvalue weighted by Crippen LogP contribution is -2.24. The largest absolute Gasteiger partial charge is 0.365 e. The molecular weight excluding hydrogens is 380 g/mol. The van der Waals surface area contributed by atoms with Crippen LogP contribution >= 0.6 is 22.9 Å². The standard InChI is InChI=1S/C20H23ClN4OS/c1-3-4-5-10-22-18(26)15-8-6-14(7-9-15)12-23-17-16-11-13(2)27-19(16)25-20(21)24-17/h6-9,11H,3-5,10,12H2,1-2H3,(H,22,26)(H,23,24,25). The van der Waals surface area contributed by atoms with E-state index in [1.54, 1.807) is 11.3 Å². The summed E-state index contributed by atoms with van der Waals surface area (Å²) in [5.74, 6) is 0.704. The van der Waals surface area contributed by atoms with Crippen molar-refractivity contribution < 1.29 is 4.79 Å². The van der Waals surface area contributed by atoms with Crippen LogP contribution in [0.2, 0.25) is 5.28 Å². The molecule has 0 fully saturated rings. The summed E-state index contributed by atoms with van der Waals surface area (Å²) in [5.41, 5.74) is 1.74. The molecule has 0 radical (unpaired) electrons. The molecule has 0 saturated heterocycles. The Morgan fingerprint density at radius 3 is 2.70 bits per heavy atom. The van der Waals surface area contributed by atoms with E-state index >= 15 is 0 Å². The van der Waals surface area contributed by atoms with Crippen LogP contribution in [-0.2, 0) is 6.54 Å². The van der Waals surface area contributed by atoms with Crippen LogP contribution in [0.3, 0.4) is 0 Å². The van der Waals surface area contributed by atoms with Gasteiger partial charge in [0.2, 0.25) is 5.28 Å². The lowest BCUT2D eigenvalue weighted by atomic mass is 10.1. The van der Waals surface area contributed by atoms with Gasteiger partial charge in [0, 0.05) is 23.5 Å². The maximum Gasteiger partial charge on any atom is 0.251 e. The highest BCUT2D eigenvalue weighted by atomic mass is 35.5. The molecule has 0 aliphatic heterocycles. The predicted octanol–water partition coefficient (Wildman–Crippen LogP) is 5.19. The molecule has 0 saturated carbocycles. The number of fused-ring (bicyclic) bond motifs is 1. The van der Waals surface area contributed by atoms with Crippen LogP contribution in [0.5, 0.6) is 0 Å². The van der Waals surface area contributed by atoms with Crippen molar-refractivity contribution in [3.05, 3.63) is 51.6 Å². The number of carbonyl (C=O) groups is 1. The van der Waals surface area contributed by atoms with E-state index in [-0.39, 0.29) is 11.2 Å². The number of amides is 1. The number of halogens is 1. The zero-order valence-electron chi connectivity index (χ0n) is 15.5. The Balaban J connectivity index is 1.61. The molecule has 142 valence electrons. The summed E-state index contributed by atoms with van der Waals surface area (Å²) in [5, 5.41) is 7.50. The fraction of sp³-hybridized carbons (Fsp3) is 0.350. The van der Waals surface area contributed by atoms with E-state index in [9.17, 15) is 4.79 Å². The Morgan fingerprint density at radius 1 is 1.19 bits per heavy atom. The van der Waals surface area contributed by atoms with Crippen molar-refractivity contribution >= 4 is 44.9 Å². The van der Waals surface area contributed by atoms with Gasteiger partial charge in [-0.2, -0.15) is 0 Å². The summed E-state index contributed by atoms with van der Waals surface area (Å²) in [6, 6.07) is 9.66. The Kier molecular flexibility index (Phi) is 6.63. The number of hydrogen-bond donors (Lipinski definition) is 2. The molecular formula is C20H23ClN4OS. The van der Waals surface area contributed by atoms with Crippen LogP contribution in [0, 0.1) is 6.92 Å². The number of unbranched alkanes of at least 4 members (excludes halogenated alkanes) is 2. The monoisotopic (exact) mass is 402 g/mol. The third kappa shape index (κ3) is 5.17. The number of nitrogens with zero attached hydrogens (tertiary/aromatic N) is 2. The molecule has 3 aromatic rings. The molecule has 27 heavy (non-hydrogen) atoms. The molecule has 0 unspecified atom stereocenters. The normalized spacial score (nSPS) is 10.9. The molecule has 0 atom stereocenters. The predicted molar refractivity (Wildman–Crippen MR) is 113 cm³/mol. The molecule has 3 rings (SSSR count). The second-order valence-corrected chi connectivity index (χ2v) is 8.00. The summed E-state index contributed by atoms with van der Waals surface area (Å²) in [6.45, 7) is 5.50. The van der Waals surface area contributed by atoms with E-state index in [4.69, 9.17) is 11.6 Å². The number of aromatic nitrogens is 2. The molecule has 0 aliphatic carbocycles. The summed E-state index contributed by atoms with van der Waals surface area (Å²) >= 11 is 7.63. The average Bonchev–Trinajstić information content (AvgIpc) is 3.03. The number of anilines is 1. The van der Waals surface area contributed by atoms with Crippen LogP contribution < -0.4 is 10.6 Å². The molecule has 2 aromatic heterocycles. The van der Waals surface area contributed by atoms with Crippen LogP contribution in [0.4, 0.5) is 5.82 Å². The van der Waals surface area contributed by atoms with Gasteiger partial charge in [-0.25, -0.2) is 9.97 Å². The van der Waals surface area contributed by atoms with Crippen LogP contribution in [0.25, 0.3) is 10.2 Å². The van der Waals surface area contributed by atoms with E-state index in [1.807, 2.05) is 31.2 Å². The van der Waals surface area contributed by atoms with Crippen molar-refractivity contribution in [3.8, 4) is 0 Å². The molecule has 2 N–H and O–H groups in total. The second-order valence-electron chi connectivity index (χ2n) is 6.43. The smallest absolute Gasteiger partial charge is 0.251 e. The minimum absolute atomic E-state index is 0.0244. The van der Waals surface area contributed by atoms with Gasteiger partial charge < -0.3 is 10.6 Å². The van der Waals surface area contributed by atoms with Gasteiger partial charge in [-0.15, -0.1) is 11.3 Å². The van der Waals surface area contributed by atoms with E-state index < -0.39 is 0 Å². The van der Waals surface area contributed by atoms with Crippen LogP contribution in [0.1, 0.15) is 47.0 Å². The highest BCUT2D eigenvalue weighted by Crippen LogP contribution is 2.29. The molecule has 0 bridgehead atoms. The number of hydrogen-bond acceptors (Lipinski definition) is 5. The van der Waals surface area contributed by atoms with Crippen molar-refractivity contribution in [2.75, 3.05) is 11.9 Å². The van der Waals surface area contributed by atoms with Crippen LogP contribution in [0.15, 0.2) is 30.3 Å². The van der Waals surface area contributed by atoms with Gasteiger partial charge >= 0.3 is 0 Å². The van der Waals surface area contributed by atoms with Crippen molar-refractivity contribution in [1.82, 2.24) is 15.3 Å². The number of rotatable bonds is 8. The first kappa shape index (κ1) is 19.6. The Hall–Kier alpha value is -2.18. The molecule has 7 heteroatoms. The molecule has 1 aromatic carbocycles. The summed E-state index contributed by atoms with van der Waals surface area (Å²) in [4.78, 5) is 22.8. The van der Waals surface area contributed by atoms with Crippen molar-refractivity contribution in [2.24, 2.45) is 0 Å². The topological polar surface area (TPSA) is 66.9 Å². The first-order valence-electron chi connectivity index (χ1n) is 9.11. The summed E-state index contributed by atoms with van der Waals surface area (Å²) in [7, 11) is 0. The number of aryl methyl sites for hydroxylation is 1. The van der Waals surface area contributed by atoms with E-state index in [2.05, 4.69) is 33.6 Å². The second kappa shape index (κ2) is 9.15. The summed E-state index contributed by atoms with van der Waals surface area (Å²) < 4.78 is 0. The fourth-order valence-electron chi connectivity index (χ4n) is 2.79. The van der Waals surface area contributed by atoms with Crippen molar-refractivity contribution in [1.29, 1.82) is 0 Å². The lowest BCUT2D eigenvalue weighted by molar-refractivity contribution is 0.0953. The first-order chi connectivity index (χ1) is 13.1. The molecule has 0 aliphatic rings. The molecule has 2 heterocycles. The first-order valence-corrected chi connectivity index (χ1v) is 10.3. The zero-order chi connectivity index (χ0) is 19.2. The average molecular weight is 403 g/mol. The Labute approximate surface area is 168 Å². The Morgan fingerprint density at radius 2 is 1.96 bits per heavy atom. The molecule has 1 amide bonds. The highest BCUT2D eigenvalue weighted by molar-refractivity contribution is 7.18. The number of benzene rings is 1. The number of nitrogens with one attached hydrogen (secondary N) is 2. The van der Waals surface area contributed by atoms with E-state index in [0.29, 0.717) is 12.1 Å². The van der Waals surface area contributed by atoms with Gasteiger partial charge in [0.1, 0.15) is 10.6 Å². The number of carbonyl (C=O) groups excluding carboxylic acids is 1. The van der Waals surface area contributed by atoms with Gasteiger partial charge in [0.25, 0.3) is 5.91 Å². The maximum absolute atomic E-state index is 12.1. The van der Waals surface area contributed by atoms with Crippen molar-refractivity contribution in [3.63, 3.8) is 0 Å². The van der Waals surface area contributed by atoms with Gasteiger partial charge in [-0.05, 0) is 48.7 Å². The zero-order valence-corrected chi connectivity index (χ0v) is 17.1. The van der Waals surface area contributed by atoms with E-state index in [1.165, 1.54) is 4.88 Å². The SMILES string of the molecule is CCCCCNC(=O)c1ccc(CNc2nc(Cl)nc3sc(C)cc23)cc1. The van der Waals surface area contributed by atoms with Crippen LogP contribution in [-0.4, -0.2) is 22.4 Å². The Bertz CT molecular complexity index is 924. The number of thiophene rings is 1. The van der Waals surface area contributed by atoms with Gasteiger partial charge in [0.15, 0.2) is 0 Å². The minimum Gasteiger partial charge on any atom is -0.365 e. The fourth-order valence-corrected chi connectivity index (χ4v) is 3.89. The lowest BCUT2D eigenvalue weighted by Gasteiger charge is -2.09. The van der Waals surface area contributed by atoms with Gasteiger partial charge in [-0.3, -0.25) is 4.79 Å².